The van der Waals surface area contributed by atoms with Crippen LogP contribution >= 0.6 is 0 Å². The van der Waals surface area contributed by atoms with Gasteiger partial charge in [0.1, 0.15) is 5.60 Å². The number of nitrogens with one attached hydrogen (secondary N) is 2. The number of carbonyl (C=O) groups is 3. The van der Waals surface area contributed by atoms with Crippen molar-refractivity contribution in [1.82, 2.24) is 15.5 Å². The van der Waals surface area contributed by atoms with E-state index in [1.807, 2.05) is 20.8 Å². The Balaban J connectivity index is 1.79. The van der Waals surface area contributed by atoms with Crippen LogP contribution < -0.4 is 10.6 Å². The SMILES string of the molecule is CC([C@H](O)C(=O)NCC1CCCCC1)N(C=O)C1CCC(NC(=O)OC(C)(C)C)CC1. The van der Waals surface area contributed by atoms with Crippen molar-refractivity contribution in [1.29, 1.82) is 0 Å². The molecule has 2 fully saturated rings. The Bertz CT molecular complexity index is 593. The highest BCUT2D eigenvalue weighted by Gasteiger charge is 2.34. The summed E-state index contributed by atoms with van der Waals surface area (Å²) in [6.07, 6.45) is 7.75. The number of nitrogens with zero attached hydrogens (tertiary/aromatic N) is 1. The lowest BCUT2D eigenvalue weighted by molar-refractivity contribution is -0.137. The highest BCUT2D eigenvalue weighted by atomic mass is 16.6. The Labute approximate surface area is 186 Å². The summed E-state index contributed by atoms with van der Waals surface area (Å²) in [5.41, 5.74) is -0.543. The molecule has 0 aromatic rings. The standard InChI is InChI=1S/C23H41N3O5/c1-16(20(28)21(29)24-14-17-8-6-5-7-9-17)26(15-27)19-12-10-18(11-13-19)25-22(30)31-23(2,3)4/h15-20,28H,5-14H2,1-4H3,(H,24,29)(H,25,30)/t16?,18?,19?,20-/m0/s1. The summed E-state index contributed by atoms with van der Waals surface area (Å²) in [7, 11) is 0. The molecule has 2 saturated carbocycles. The van der Waals surface area contributed by atoms with Crippen LogP contribution in [0.4, 0.5) is 4.79 Å². The van der Waals surface area contributed by atoms with Gasteiger partial charge in [0.05, 0.1) is 6.04 Å². The maximum absolute atomic E-state index is 12.5. The number of aliphatic hydroxyl groups excluding tert-OH is 1. The molecule has 0 radical (unpaired) electrons. The molecule has 0 aromatic heterocycles. The molecule has 31 heavy (non-hydrogen) atoms. The zero-order valence-corrected chi connectivity index (χ0v) is 19.6. The highest BCUT2D eigenvalue weighted by Crippen LogP contribution is 2.26. The van der Waals surface area contributed by atoms with E-state index in [-0.39, 0.29) is 12.1 Å². The summed E-state index contributed by atoms with van der Waals surface area (Å²) in [5, 5.41) is 16.3. The summed E-state index contributed by atoms with van der Waals surface area (Å²) in [4.78, 5) is 37.8. The normalized spacial score (nSPS) is 24.5. The number of rotatable bonds is 8. The van der Waals surface area contributed by atoms with E-state index in [2.05, 4.69) is 10.6 Å². The van der Waals surface area contributed by atoms with Gasteiger partial charge in [-0.05, 0) is 72.1 Å². The van der Waals surface area contributed by atoms with Crippen LogP contribution in [-0.4, -0.2) is 64.8 Å². The van der Waals surface area contributed by atoms with Crippen molar-refractivity contribution >= 4 is 18.4 Å². The third-order valence-corrected chi connectivity index (χ3v) is 6.45. The number of hydrogen-bond acceptors (Lipinski definition) is 5. The molecule has 8 heteroatoms. The molecule has 2 atom stereocenters. The van der Waals surface area contributed by atoms with Gasteiger partial charge in [-0.1, -0.05) is 19.3 Å². The van der Waals surface area contributed by atoms with Gasteiger partial charge in [-0.2, -0.15) is 0 Å². The fourth-order valence-corrected chi connectivity index (χ4v) is 4.63. The topological polar surface area (TPSA) is 108 Å². The van der Waals surface area contributed by atoms with Crippen LogP contribution in [0.5, 0.6) is 0 Å². The van der Waals surface area contributed by atoms with E-state index >= 15 is 0 Å². The maximum Gasteiger partial charge on any atom is 0.407 e. The van der Waals surface area contributed by atoms with Crippen LogP contribution in [0.3, 0.4) is 0 Å². The van der Waals surface area contributed by atoms with Crippen molar-refractivity contribution in [3.8, 4) is 0 Å². The third kappa shape index (κ3) is 8.31. The molecule has 1 unspecified atom stereocenters. The van der Waals surface area contributed by atoms with Gasteiger partial charge in [-0.15, -0.1) is 0 Å². The predicted octanol–water partition coefficient (Wildman–Crippen LogP) is 2.73. The molecule has 2 aliphatic carbocycles. The van der Waals surface area contributed by atoms with Crippen LogP contribution in [-0.2, 0) is 14.3 Å². The Morgan fingerprint density at radius 3 is 2.26 bits per heavy atom. The minimum atomic E-state index is -1.26. The Hall–Kier alpha value is -1.83. The average Bonchev–Trinajstić information content (AvgIpc) is 2.72. The molecule has 2 rings (SSSR count). The lowest BCUT2D eigenvalue weighted by Crippen LogP contribution is -2.54. The molecule has 0 aliphatic heterocycles. The minimum absolute atomic E-state index is 0.00127. The second kappa shape index (κ2) is 11.7. The molecule has 3 amide bonds. The van der Waals surface area contributed by atoms with Crippen LogP contribution in [0.25, 0.3) is 0 Å². The molecule has 0 bridgehead atoms. The number of aliphatic hydroxyl groups is 1. The number of carbonyl (C=O) groups excluding carboxylic acids is 3. The quantitative estimate of drug-likeness (QED) is 0.504. The number of amides is 3. The number of ether oxygens (including phenoxy) is 1. The first-order chi connectivity index (χ1) is 14.6. The molecular formula is C23H41N3O5. The fraction of sp³-hybridized carbons (Fsp3) is 0.870. The average molecular weight is 440 g/mol. The first kappa shape index (κ1) is 25.4. The van der Waals surface area contributed by atoms with Crippen LogP contribution in [0.1, 0.15) is 85.5 Å². The van der Waals surface area contributed by atoms with Crippen molar-refractivity contribution in [2.24, 2.45) is 5.92 Å². The molecule has 0 aromatic carbocycles. The van der Waals surface area contributed by atoms with Gasteiger partial charge in [0.2, 0.25) is 6.41 Å². The minimum Gasteiger partial charge on any atom is -0.444 e. The second-order valence-corrected chi connectivity index (χ2v) is 10.1. The van der Waals surface area contributed by atoms with Gasteiger partial charge in [-0.25, -0.2) is 4.79 Å². The molecule has 0 spiro atoms. The van der Waals surface area contributed by atoms with Crippen molar-refractivity contribution in [3.05, 3.63) is 0 Å². The summed E-state index contributed by atoms with van der Waals surface area (Å²) in [6, 6.07) is -0.673. The monoisotopic (exact) mass is 439 g/mol. The number of hydrogen-bond donors (Lipinski definition) is 3. The van der Waals surface area contributed by atoms with Gasteiger partial charge < -0.3 is 25.4 Å². The predicted molar refractivity (Wildman–Crippen MR) is 118 cm³/mol. The second-order valence-electron chi connectivity index (χ2n) is 10.1. The Morgan fingerprint density at radius 1 is 1.10 bits per heavy atom. The van der Waals surface area contributed by atoms with Gasteiger partial charge in [0, 0.05) is 18.6 Å². The molecule has 0 saturated heterocycles. The largest absolute Gasteiger partial charge is 0.444 e. The third-order valence-electron chi connectivity index (χ3n) is 6.45. The van der Waals surface area contributed by atoms with Crippen molar-refractivity contribution < 1.29 is 24.2 Å². The number of alkyl carbamates (subject to hydrolysis) is 1. The lowest BCUT2D eigenvalue weighted by atomic mass is 9.89. The van der Waals surface area contributed by atoms with Gasteiger partial charge in [0.15, 0.2) is 6.10 Å². The Kier molecular flexibility index (Phi) is 9.59. The van der Waals surface area contributed by atoms with Crippen molar-refractivity contribution in [2.75, 3.05) is 6.54 Å². The van der Waals surface area contributed by atoms with Crippen LogP contribution in [0.15, 0.2) is 0 Å². The maximum atomic E-state index is 12.5. The zero-order chi connectivity index (χ0) is 23.0. The van der Waals surface area contributed by atoms with E-state index in [4.69, 9.17) is 4.74 Å². The molecular weight excluding hydrogens is 398 g/mol. The van der Waals surface area contributed by atoms with E-state index in [1.54, 1.807) is 11.8 Å². The molecule has 2 aliphatic rings. The first-order valence-electron chi connectivity index (χ1n) is 11.8. The molecule has 178 valence electrons. The van der Waals surface area contributed by atoms with Crippen molar-refractivity contribution in [2.45, 2.75) is 115 Å². The fourth-order valence-electron chi connectivity index (χ4n) is 4.63. The zero-order valence-electron chi connectivity index (χ0n) is 19.6. The molecule has 8 nitrogen and oxygen atoms in total. The first-order valence-corrected chi connectivity index (χ1v) is 11.8. The highest BCUT2D eigenvalue weighted by molar-refractivity contribution is 5.81. The van der Waals surface area contributed by atoms with Gasteiger partial charge >= 0.3 is 6.09 Å². The smallest absolute Gasteiger partial charge is 0.407 e. The van der Waals surface area contributed by atoms with Crippen molar-refractivity contribution in [3.63, 3.8) is 0 Å². The Morgan fingerprint density at radius 2 is 1.71 bits per heavy atom. The lowest BCUT2D eigenvalue weighted by Gasteiger charge is -2.39. The van der Waals surface area contributed by atoms with Gasteiger partial charge in [0.25, 0.3) is 5.91 Å². The van der Waals surface area contributed by atoms with Crippen LogP contribution in [0, 0.1) is 5.92 Å². The van der Waals surface area contributed by atoms with E-state index in [0.717, 1.165) is 19.3 Å². The summed E-state index contributed by atoms with van der Waals surface area (Å²) >= 11 is 0. The molecule has 3 N–H and O–H groups in total. The van der Waals surface area contributed by atoms with E-state index in [0.29, 0.717) is 38.1 Å². The summed E-state index contributed by atoms with van der Waals surface area (Å²) < 4.78 is 5.30. The van der Waals surface area contributed by atoms with E-state index in [9.17, 15) is 19.5 Å². The van der Waals surface area contributed by atoms with Crippen LogP contribution in [0.2, 0.25) is 0 Å². The summed E-state index contributed by atoms with van der Waals surface area (Å²) in [6.45, 7) is 7.77. The summed E-state index contributed by atoms with van der Waals surface area (Å²) in [5.74, 6) is 0.0698. The molecule has 0 heterocycles. The van der Waals surface area contributed by atoms with E-state index < -0.39 is 29.7 Å². The van der Waals surface area contributed by atoms with Gasteiger partial charge in [-0.3, -0.25) is 9.59 Å². The van der Waals surface area contributed by atoms with E-state index in [1.165, 1.54) is 19.3 Å².